The van der Waals surface area contributed by atoms with Gasteiger partial charge in [0.15, 0.2) is 11.3 Å². The SMILES string of the molecule is CCCC/C=C\C[C@H]1OC(C)(C)O[C@@H]1[C@](COCOC)(NC(=O)c1ccccc1)C(=O)OC. The Morgan fingerprint density at radius 3 is 2.52 bits per heavy atom. The molecule has 1 heterocycles. The maximum absolute atomic E-state index is 13.2. The second-order valence-electron chi connectivity index (χ2n) is 8.48. The number of rotatable bonds is 13. The molecule has 184 valence electrons. The van der Waals surface area contributed by atoms with Gasteiger partial charge < -0.3 is 29.0 Å². The summed E-state index contributed by atoms with van der Waals surface area (Å²) in [7, 11) is 2.74. The van der Waals surface area contributed by atoms with Crippen LogP contribution in [0.3, 0.4) is 0 Å². The molecule has 2 rings (SSSR count). The number of carbonyl (C=O) groups excluding carboxylic acids is 2. The molecule has 8 nitrogen and oxygen atoms in total. The van der Waals surface area contributed by atoms with Crippen molar-refractivity contribution < 1.29 is 33.3 Å². The Labute approximate surface area is 196 Å². The van der Waals surface area contributed by atoms with Crippen LogP contribution in [0.5, 0.6) is 0 Å². The van der Waals surface area contributed by atoms with Gasteiger partial charge in [0, 0.05) is 12.7 Å². The highest BCUT2D eigenvalue weighted by Gasteiger charge is 2.58. The van der Waals surface area contributed by atoms with E-state index in [1.807, 2.05) is 12.1 Å². The van der Waals surface area contributed by atoms with Crippen LogP contribution >= 0.6 is 0 Å². The average Bonchev–Trinajstić information content (AvgIpc) is 3.12. The van der Waals surface area contributed by atoms with Crippen molar-refractivity contribution in [3.8, 4) is 0 Å². The van der Waals surface area contributed by atoms with Crippen LogP contribution in [-0.2, 0) is 28.5 Å². The van der Waals surface area contributed by atoms with Gasteiger partial charge in [-0.15, -0.1) is 0 Å². The third-order valence-corrected chi connectivity index (χ3v) is 5.38. The summed E-state index contributed by atoms with van der Waals surface area (Å²) in [6, 6.07) is 8.63. The maximum atomic E-state index is 13.2. The first-order valence-electron chi connectivity index (χ1n) is 11.3. The standard InChI is InChI=1S/C25H37NO7/c1-6-7-8-9-13-16-20-21(33-24(2,3)32-20)25(23(28)30-5,17-31-18-29-4)26-22(27)19-14-11-10-12-15-19/h9-15,20-21H,6-8,16-18H2,1-5H3,(H,26,27)/b13-9-/t20-,21+,25+/m1/s1. The summed E-state index contributed by atoms with van der Waals surface area (Å²) in [6.07, 6.45) is 6.41. The van der Waals surface area contributed by atoms with E-state index < -0.39 is 35.4 Å². The van der Waals surface area contributed by atoms with Gasteiger partial charge in [-0.1, -0.05) is 50.1 Å². The Morgan fingerprint density at radius 1 is 1.15 bits per heavy atom. The second kappa shape index (κ2) is 12.8. The number of methoxy groups -OCH3 is 2. The van der Waals surface area contributed by atoms with Gasteiger partial charge >= 0.3 is 5.97 Å². The minimum atomic E-state index is -1.66. The van der Waals surface area contributed by atoms with Crippen molar-refractivity contribution in [2.24, 2.45) is 0 Å². The van der Waals surface area contributed by atoms with Crippen LogP contribution in [0.1, 0.15) is 56.8 Å². The summed E-state index contributed by atoms with van der Waals surface area (Å²) >= 11 is 0. The normalized spacial score (nSPS) is 21.6. The number of benzene rings is 1. The predicted molar refractivity (Wildman–Crippen MR) is 124 cm³/mol. The Morgan fingerprint density at radius 2 is 1.88 bits per heavy atom. The van der Waals surface area contributed by atoms with Gasteiger partial charge in [-0.25, -0.2) is 4.79 Å². The van der Waals surface area contributed by atoms with Gasteiger partial charge in [-0.05, 0) is 38.8 Å². The molecule has 0 aliphatic carbocycles. The average molecular weight is 464 g/mol. The molecule has 1 fully saturated rings. The van der Waals surface area contributed by atoms with E-state index in [2.05, 4.69) is 18.3 Å². The summed E-state index contributed by atoms with van der Waals surface area (Å²) in [6.45, 7) is 5.40. The first-order valence-corrected chi connectivity index (χ1v) is 11.3. The summed E-state index contributed by atoms with van der Waals surface area (Å²) in [5.41, 5.74) is -1.26. The van der Waals surface area contributed by atoms with Gasteiger partial charge in [0.25, 0.3) is 5.91 Å². The largest absolute Gasteiger partial charge is 0.467 e. The number of hydrogen-bond acceptors (Lipinski definition) is 7. The molecule has 0 unspecified atom stereocenters. The van der Waals surface area contributed by atoms with Crippen LogP contribution in [0.25, 0.3) is 0 Å². The molecule has 1 aliphatic rings. The molecule has 1 N–H and O–H groups in total. The fraction of sp³-hybridized carbons (Fsp3) is 0.600. The molecule has 0 bridgehead atoms. The van der Waals surface area contributed by atoms with Crippen LogP contribution < -0.4 is 5.32 Å². The van der Waals surface area contributed by atoms with E-state index >= 15 is 0 Å². The maximum Gasteiger partial charge on any atom is 0.336 e. The minimum absolute atomic E-state index is 0.0709. The zero-order chi connectivity index (χ0) is 24.3. The van der Waals surface area contributed by atoms with Crippen LogP contribution in [-0.4, -0.2) is 63.0 Å². The summed E-state index contributed by atoms with van der Waals surface area (Å²) in [5, 5.41) is 2.85. The van der Waals surface area contributed by atoms with Crippen molar-refractivity contribution in [1.82, 2.24) is 5.32 Å². The van der Waals surface area contributed by atoms with E-state index in [-0.39, 0.29) is 13.4 Å². The monoisotopic (exact) mass is 463 g/mol. The van der Waals surface area contributed by atoms with E-state index in [4.69, 9.17) is 23.7 Å². The van der Waals surface area contributed by atoms with Gasteiger partial charge in [-0.3, -0.25) is 4.79 Å². The van der Waals surface area contributed by atoms with Crippen molar-refractivity contribution in [2.45, 2.75) is 70.0 Å². The number of allylic oxidation sites excluding steroid dienone is 1. The number of ether oxygens (including phenoxy) is 5. The Hall–Kier alpha value is -2.26. The van der Waals surface area contributed by atoms with Crippen molar-refractivity contribution >= 4 is 11.9 Å². The lowest BCUT2D eigenvalue weighted by atomic mass is 9.87. The van der Waals surface area contributed by atoms with Crippen LogP contribution in [0.15, 0.2) is 42.5 Å². The molecule has 0 spiro atoms. The van der Waals surface area contributed by atoms with Crippen LogP contribution in [0.2, 0.25) is 0 Å². The molecule has 1 aromatic rings. The number of esters is 1. The van der Waals surface area contributed by atoms with E-state index in [0.29, 0.717) is 12.0 Å². The molecule has 0 aromatic heterocycles. The molecule has 1 aliphatic heterocycles. The molecule has 33 heavy (non-hydrogen) atoms. The Bertz CT molecular complexity index is 780. The van der Waals surface area contributed by atoms with Crippen molar-refractivity contribution in [3.63, 3.8) is 0 Å². The highest BCUT2D eigenvalue weighted by Crippen LogP contribution is 2.37. The summed E-state index contributed by atoms with van der Waals surface area (Å²) in [5.74, 6) is -2.10. The van der Waals surface area contributed by atoms with Gasteiger partial charge in [-0.2, -0.15) is 0 Å². The predicted octanol–water partition coefficient (Wildman–Crippen LogP) is 3.61. The first-order chi connectivity index (χ1) is 15.8. The second-order valence-corrected chi connectivity index (χ2v) is 8.48. The molecule has 8 heteroatoms. The molecule has 1 aromatic carbocycles. The summed E-state index contributed by atoms with van der Waals surface area (Å²) < 4.78 is 28.1. The van der Waals surface area contributed by atoms with Gasteiger partial charge in [0.2, 0.25) is 0 Å². The molecular formula is C25H37NO7. The van der Waals surface area contributed by atoms with Crippen molar-refractivity contribution in [1.29, 1.82) is 0 Å². The molecule has 1 saturated heterocycles. The lowest BCUT2D eigenvalue weighted by Gasteiger charge is -2.37. The van der Waals surface area contributed by atoms with Gasteiger partial charge in [0.05, 0.1) is 19.8 Å². The number of carbonyl (C=O) groups is 2. The topological polar surface area (TPSA) is 92.3 Å². The third kappa shape index (κ3) is 7.37. The molecular weight excluding hydrogens is 426 g/mol. The molecule has 3 atom stereocenters. The quantitative estimate of drug-likeness (QED) is 0.207. The Balaban J connectivity index is 2.41. The van der Waals surface area contributed by atoms with E-state index in [9.17, 15) is 9.59 Å². The number of nitrogens with one attached hydrogen (secondary N) is 1. The smallest absolute Gasteiger partial charge is 0.336 e. The van der Waals surface area contributed by atoms with Crippen LogP contribution in [0, 0.1) is 0 Å². The lowest BCUT2D eigenvalue weighted by molar-refractivity contribution is -0.175. The van der Waals surface area contributed by atoms with E-state index in [1.165, 1.54) is 14.2 Å². The van der Waals surface area contributed by atoms with Gasteiger partial charge in [0.1, 0.15) is 12.9 Å². The molecule has 0 saturated carbocycles. The zero-order valence-electron chi connectivity index (χ0n) is 20.3. The fourth-order valence-corrected chi connectivity index (χ4v) is 3.84. The Kier molecular flexibility index (Phi) is 10.5. The number of amides is 1. The summed E-state index contributed by atoms with van der Waals surface area (Å²) in [4.78, 5) is 26.4. The highest BCUT2D eigenvalue weighted by molar-refractivity contribution is 5.98. The van der Waals surface area contributed by atoms with Crippen molar-refractivity contribution in [3.05, 3.63) is 48.0 Å². The van der Waals surface area contributed by atoms with Crippen LogP contribution in [0.4, 0.5) is 0 Å². The zero-order valence-corrected chi connectivity index (χ0v) is 20.3. The first kappa shape index (κ1) is 27.0. The molecule has 1 amide bonds. The highest BCUT2D eigenvalue weighted by atomic mass is 16.8. The number of hydrogen-bond donors (Lipinski definition) is 1. The minimum Gasteiger partial charge on any atom is -0.467 e. The van der Waals surface area contributed by atoms with E-state index in [1.54, 1.807) is 38.1 Å². The third-order valence-electron chi connectivity index (χ3n) is 5.38. The molecule has 0 radical (unpaired) electrons. The van der Waals surface area contributed by atoms with E-state index in [0.717, 1.165) is 19.3 Å². The van der Waals surface area contributed by atoms with Crippen molar-refractivity contribution in [2.75, 3.05) is 27.6 Å². The fourth-order valence-electron chi connectivity index (χ4n) is 3.84. The lowest BCUT2D eigenvalue weighted by Crippen LogP contribution is -2.67. The number of unbranched alkanes of at least 4 members (excludes halogenated alkanes) is 2.